The third kappa shape index (κ3) is 3.73. The van der Waals surface area contributed by atoms with E-state index >= 15 is 0 Å². The van der Waals surface area contributed by atoms with E-state index in [-0.39, 0.29) is 17.7 Å². The summed E-state index contributed by atoms with van der Waals surface area (Å²) in [6.45, 7) is 6.14. The first kappa shape index (κ1) is 21.5. The fourth-order valence-electron chi connectivity index (χ4n) is 5.11. The van der Waals surface area contributed by atoms with Crippen LogP contribution in [0.15, 0.2) is 47.6 Å². The Labute approximate surface area is 201 Å². The van der Waals surface area contributed by atoms with Crippen molar-refractivity contribution in [2.75, 3.05) is 19.6 Å². The minimum Gasteiger partial charge on any atom is -0.342 e. The van der Waals surface area contributed by atoms with E-state index in [1.165, 1.54) is 18.5 Å². The lowest BCUT2D eigenvalue weighted by Gasteiger charge is -2.42. The van der Waals surface area contributed by atoms with Crippen LogP contribution in [0.1, 0.15) is 63.1 Å². The lowest BCUT2D eigenvalue weighted by molar-refractivity contribution is -0.142. The van der Waals surface area contributed by atoms with Crippen LogP contribution in [0.2, 0.25) is 0 Å². The third-order valence-electron chi connectivity index (χ3n) is 7.94. The second-order valence-corrected chi connectivity index (χ2v) is 10.6. The second-order valence-electron chi connectivity index (χ2n) is 10.6. The van der Waals surface area contributed by atoms with Gasteiger partial charge in [-0.25, -0.2) is 0 Å². The Bertz CT molecular complexity index is 1140. The number of benzene rings is 1. The number of amidine groups is 1. The second kappa shape index (κ2) is 8.03. The van der Waals surface area contributed by atoms with E-state index in [1.54, 1.807) is 0 Å². The van der Waals surface area contributed by atoms with Crippen LogP contribution in [0.4, 0.5) is 0 Å². The number of aliphatic imine (C=N–C) groups is 1. The highest BCUT2D eigenvalue weighted by Gasteiger charge is 2.57. The van der Waals surface area contributed by atoms with Gasteiger partial charge in [0, 0.05) is 60.4 Å². The van der Waals surface area contributed by atoms with Crippen molar-refractivity contribution in [1.29, 1.82) is 0 Å². The molecule has 1 atom stereocenters. The number of amides is 2. The maximum Gasteiger partial charge on any atom is 0.256 e. The van der Waals surface area contributed by atoms with Crippen LogP contribution in [0, 0.1) is 11.8 Å². The molecule has 2 amide bonds. The fourth-order valence-corrected chi connectivity index (χ4v) is 5.11. The molecule has 2 aliphatic heterocycles. The Morgan fingerprint density at radius 2 is 1.74 bits per heavy atom. The summed E-state index contributed by atoms with van der Waals surface area (Å²) in [6.07, 6.45) is 7.02. The standard InChI is InChI=1S/C28H32N4O2/c1-3-18(2)26(33)31-15-19(16-31)17-32-25(30-28(12-13-28)27(32)34)22-8-4-20(5-9-22)23-10-11-24(29-14-23)21-6-7-21/h4-5,8-11,14,18-19,21H,3,6-7,12-13,15-17H2,1-2H3. The van der Waals surface area contributed by atoms with E-state index in [4.69, 9.17) is 4.99 Å². The summed E-state index contributed by atoms with van der Waals surface area (Å²) in [7, 11) is 0. The van der Waals surface area contributed by atoms with Gasteiger partial charge in [-0.2, -0.15) is 0 Å². The van der Waals surface area contributed by atoms with Crippen molar-refractivity contribution < 1.29 is 9.59 Å². The molecule has 2 saturated carbocycles. The van der Waals surface area contributed by atoms with Gasteiger partial charge in [-0.1, -0.05) is 44.2 Å². The Kier molecular flexibility index (Phi) is 5.08. The maximum absolute atomic E-state index is 13.2. The lowest BCUT2D eigenvalue weighted by Crippen LogP contribution is -2.56. The molecule has 0 radical (unpaired) electrons. The number of carbonyl (C=O) groups excluding carboxylic acids is 2. The maximum atomic E-state index is 13.2. The van der Waals surface area contributed by atoms with Crippen LogP contribution in [-0.2, 0) is 9.59 Å². The molecule has 1 saturated heterocycles. The molecule has 1 unspecified atom stereocenters. The molecule has 0 N–H and O–H groups in total. The topological polar surface area (TPSA) is 65.9 Å². The molecule has 2 aliphatic carbocycles. The Balaban J connectivity index is 1.16. The quantitative estimate of drug-likeness (QED) is 0.626. The highest BCUT2D eigenvalue weighted by atomic mass is 16.2. The van der Waals surface area contributed by atoms with Crippen molar-refractivity contribution in [3.8, 4) is 11.1 Å². The van der Waals surface area contributed by atoms with E-state index in [1.807, 2.05) is 29.8 Å². The number of pyridine rings is 1. The first-order valence-electron chi connectivity index (χ1n) is 12.7. The smallest absolute Gasteiger partial charge is 0.256 e. The normalized spacial score (nSPS) is 22.1. The first-order valence-corrected chi connectivity index (χ1v) is 12.7. The van der Waals surface area contributed by atoms with Crippen molar-refractivity contribution in [2.45, 2.75) is 57.4 Å². The molecular weight excluding hydrogens is 424 g/mol. The van der Waals surface area contributed by atoms with E-state index in [0.29, 0.717) is 18.4 Å². The Morgan fingerprint density at radius 1 is 1.06 bits per heavy atom. The minimum absolute atomic E-state index is 0.0693. The summed E-state index contributed by atoms with van der Waals surface area (Å²) >= 11 is 0. The number of hydrogen-bond acceptors (Lipinski definition) is 4. The Morgan fingerprint density at radius 3 is 2.32 bits per heavy atom. The van der Waals surface area contributed by atoms with Gasteiger partial charge in [0.15, 0.2) is 0 Å². The van der Waals surface area contributed by atoms with Crippen molar-refractivity contribution >= 4 is 17.6 Å². The molecule has 3 heterocycles. The Hall–Kier alpha value is -3.02. The number of hydrogen-bond donors (Lipinski definition) is 0. The summed E-state index contributed by atoms with van der Waals surface area (Å²) in [5.74, 6) is 2.20. The zero-order chi connectivity index (χ0) is 23.4. The molecule has 6 rings (SSSR count). The van der Waals surface area contributed by atoms with Crippen LogP contribution in [0.3, 0.4) is 0 Å². The van der Waals surface area contributed by atoms with Crippen LogP contribution in [0.5, 0.6) is 0 Å². The van der Waals surface area contributed by atoms with Gasteiger partial charge in [0.05, 0.1) is 0 Å². The number of carbonyl (C=O) groups is 2. The lowest BCUT2D eigenvalue weighted by atomic mass is 9.95. The van der Waals surface area contributed by atoms with E-state index < -0.39 is 5.54 Å². The van der Waals surface area contributed by atoms with Gasteiger partial charge in [-0.15, -0.1) is 0 Å². The fraction of sp³-hybridized carbons (Fsp3) is 0.500. The number of likely N-dealkylation sites (tertiary alicyclic amines) is 1. The molecule has 2 aromatic rings. The predicted molar refractivity (Wildman–Crippen MR) is 131 cm³/mol. The molecule has 1 aromatic heterocycles. The highest BCUT2D eigenvalue weighted by Crippen LogP contribution is 2.46. The average molecular weight is 457 g/mol. The van der Waals surface area contributed by atoms with Crippen LogP contribution in [0.25, 0.3) is 11.1 Å². The molecule has 6 nitrogen and oxygen atoms in total. The third-order valence-corrected chi connectivity index (χ3v) is 7.94. The molecule has 1 spiro atoms. The largest absolute Gasteiger partial charge is 0.342 e. The summed E-state index contributed by atoms with van der Waals surface area (Å²) in [6, 6.07) is 12.6. The monoisotopic (exact) mass is 456 g/mol. The molecule has 3 fully saturated rings. The van der Waals surface area contributed by atoms with Crippen molar-refractivity contribution in [1.82, 2.24) is 14.8 Å². The van der Waals surface area contributed by atoms with E-state index in [0.717, 1.165) is 54.9 Å². The van der Waals surface area contributed by atoms with Gasteiger partial charge in [-0.05, 0) is 43.7 Å². The number of rotatable bonds is 7. The van der Waals surface area contributed by atoms with Gasteiger partial charge in [0.2, 0.25) is 5.91 Å². The summed E-state index contributed by atoms with van der Waals surface area (Å²) in [4.78, 5) is 39.0. The van der Waals surface area contributed by atoms with Gasteiger partial charge in [0.1, 0.15) is 11.4 Å². The molecule has 1 aromatic carbocycles. The van der Waals surface area contributed by atoms with Crippen LogP contribution >= 0.6 is 0 Å². The van der Waals surface area contributed by atoms with E-state index in [2.05, 4.69) is 41.4 Å². The average Bonchev–Trinajstić information content (AvgIpc) is 3.76. The molecule has 6 heteroatoms. The summed E-state index contributed by atoms with van der Waals surface area (Å²) < 4.78 is 0. The minimum atomic E-state index is -0.521. The number of aromatic nitrogens is 1. The van der Waals surface area contributed by atoms with Crippen molar-refractivity contribution in [3.63, 3.8) is 0 Å². The van der Waals surface area contributed by atoms with Gasteiger partial charge < -0.3 is 4.90 Å². The first-order chi connectivity index (χ1) is 16.5. The molecule has 176 valence electrons. The van der Waals surface area contributed by atoms with Crippen LogP contribution < -0.4 is 0 Å². The summed E-state index contributed by atoms with van der Waals surface area (Å²) in [5, 5.41) is 0. The van der Waals surface area contributed by atoms with Crippen LogP contribution in [-0.4, -0.2) is 57.6 Å². The van der Waals surface area contributed by atoms with Crippen molar-refractivity contribution in [3.05, 3.63) is 53.9 Å². The number of nitrogens with zero attached hydrogens (tertiary/aromatic N) is 4. The zero-order valence-electron chi connectivity index (χ0n) is 20.0. The molecular formula is C28H32N4O2. The van der Waals surface area contributed by atoms with Gasteiger partial charge >= 0.3 is 0 Å². The summed E-state index contributed by atoms with van der Waals surface area (Å²) in [5.41, 5.74) is 3.89. The molecule has 4 aliphatic rings. The van der Waals surface area contributed by atoms with Crippen molar-refractivity contribution in [2.24, 2.45) is 16.8 Å². The van der Waals surface area contributed by atoms with E-state index in [9.17, 15) is 9.59 Å². The van der Waals surface area contributed by atoms with Gasteiger partial charge in [0.25, 0.3) is 5.91 Å². The SMILES string of the molecule is CCC(C)C(=O)N1CC(CN2C(=O)C3(CC3)N=C2c2ccc(-c3ccc(C4CC4)nc3)cc2)C1. The zero-order valence-corrected chi connectivity index (χ0v) is 20.0. The molecule has 34 heavy (non-hydrogen) atoms. The van der Waals surface area contributed by atoms with Gasteiger partial charge in [-0.3, -0.25) is 24.5 Å². The highest BCUT2D eigenvalue weighted by molar-refractivity contribution is 6.16. The molecule has 0 bridgehead atoms. The predicted octanol–water partition coefficient (Wildman–Crippen LogP) is 4.25.